The number of benzene rings is 2. The molecule has 0 radical (unpaired) electrons. The van der Waals surface area contributed by atoms with Gasteiger partial charge in [0.15, 0.2) is 11.6 Å². The predicted octanol–water partition coefficient (Wildman–Crippen LogP) is 5.26. The normalized spacial score (nSPS) is 10.6. The lowest BCUT2D eigenvalue weighted by molar-refractivity contribution is -0.111. The summed E-state index contributed by atoms with van der Waals surface area (Å²) in [5.41, 5.74) is 1.68. The Balaban J connectivity index is 1.58. The number of halogens is 1. The van der Waals surface area contributed by atoms with Crippen LogP contribution in [0.4, 0.5) is 20.6 Å². The van der Waals surface area contributed by atoms with E-state index < -0.39 is 11.9 Å². The van der Waals surface area contributed by atoms with Crippen LogP contribution >= 0.6 is 0 Å². The van der Waals surface area contributed by atoms with Crippen molar-refractivity contribution in [3.8, 4) is 11.5 Å². The van der Waals surface area contributed by atoms with Gasteiger partial charge in [0.05, 0.1) is 12.8 Å². The molecule has 0 aliphatic carbocycles. The second-order valence-corrected chi connectivity index (χ2v) is 6.61. The van der Waals surface area contributed by atoms with Crippen LogP contribution in [0.2, 0.25) is 0 Å². The zero-order chi connectivity index (χ0) is 22.9. The fourth-order valence-electron chi connectivity index (χ4n) is 2.69. The third-order valence-electron chi connectivity index (χ3n) is 4.31. The topological polar surface area (TPSA) is 80.8 Å². The number of rotatable bonds is 7. The Bertz CT molecular complexity index is 1100. The van der Waals surface area contributed by atoms with E-state index in [2.05, 4.69) is 10.3 Å². The Kier molecular flexibility index (Phi) is 7.53. The number of hydrogen-bond acceptors (Lipinski definition) is 5. The van der Waals surface area contributed by atoms with Crippen molar-refractivity contribution in [3.05, 3.63) is 84.4 Å². The fourth-order valence-corrected chi connectivity index (χ4v) is 2.69. The van der Waals surface area contributed by atoms with Crippen LogP contribution in [0, 0.1) is 5.82 Å². The van der Waals surface area contributed by atoms with Crippen LogP contribution in [-0.4, -0.2) is 30.6 Å². The second-order valence-electron chi connectivity index (χ2n) is 6.61. The molecule has 1 N–H and O–H groups in total. The summed E-state index contributed by atoms with van der Waals surface area (Å²) in [6.07, 6.45) is 5.41. The third-order valence-corrected chi connectivity index (χ3v) is 4.31. The van der Waals surface area contributed by atoms with Gasteiger partial charge in [0.1, 0.15) is 5.75 Å². The summed E-state index contributed by atoms with van der Waals surface area (Å²) in [6.45, 7) is 2.02. The van der Waals surface area contributed by atoms with Crippen LogP contribution < -0.4 is 15.0 Å². The van der Waals surface area contributed by atoms with E-state index in [1.807, 2.05) is 0 Å². The summed E-state index contributed by atoms with van der Waals surface area (Å²) in [4.78, 5) is 29.2. The molecule has 164 valence electrons. The minimum atomic E-state index is -0.558. The monoisotopic (exact) mass is 435 g/mol. The van der Waals surface area contributed by atoms with Crippen LogP contribution in [-0.2, 0) is 9.53 Å². The summed E-state index contributed by atoms with van der Waals surface area (Å²) < 4.78 is 24.7. The van der Waals surface area contributed by atoms with Gasteiger partial charge in [0, 0.05) is 30.7 Å². The van der Waals surface area contributed by atoms with E-state index in [1.165, 1.54) is 35.4 Å². The fraction of sp³-hybridized carbons (Fsp3) is 0.125. The molecule has 0 aliphatic heterocycles. The molecule has 32 heavy (non-hydrogen) atoms. The van der Waals surface area contributed by atoms with Gasteiger partial charge in [-0.3, -0.25) is 14.7 Å². The smallest absolute Gasteiger partial charge is 0.413 e. The quantitative estimate of drug-likeness (QED) is 0.512. The molecule has 0 aliphatic rings. The number of aromatic nitrogens is 1. The van der Waals surface area contributed by atoms with Crippen LogP contribution in [0.25, 0.3) is 6.08 Å². The number of amides is 2. The van der Waals surface area contributed by atoms with E-state index in [-0.39, 0.29) is 18.3 Å². The van der Waals surface area contributed by atoms with Crippen LogP contribution in [0.1, 0.15) is 12.5 Å². The summed E-state index contributed by atoms with van der Waals surface area (Å²) in [6, 6.07) is 14.5. The summed E-state index contributed by atoms with van der Waals surface area (Å²) in [5.74, 6) is -0.452. The van der Waals surface area contributed by atoms with Gasteiger partial charge in [-0.1, -0.05) is 6.07 Å². The first kappa shape index (κ1) is 22.5. The van der Waals surface area contributed by atoms with Gasteiger partial charge in [0.25, 0.3) is 0 Å². The number of pyridine rings is 1. The Labute approximate surface area is 185 Å². The van der Waals surface area contributed by atoms with Crippen molar-refractivity contribution in [2.24, 2.45) is 0 Å². The standard InChI is InChI=1S/C24H22FN3O4/c1-3-31-24(30)28(2)19-10-8-18(9-11-19)27-23(29)13-7-17-6-12-22(21(25)15-17)32-20-5-4-14-26-16-20/h4-16H,3H2,1-2H3,(H,27,29)/b13-7+. The molecule has 0 fully saturated rings. The third kappa shape index (κ3) is 6.15. The molecule has 0 bridgehead atoms. The molecule has 0 atom stereocenters. The molecule has 0 spiro atoms. The molecule has 2 aromatic carbocycles. The maximum atomic E-state index is 14.3. The molecule has 7 nitrogen and oxygen atoms in total. The molecule has 0 unspecified atom stereocenters. The van der Waals surface area contributed by atoms with Crippen LogP contribution in [0.3, 0.4) is 0 Å². The molecule has 2 amide bonds. The molecular formula is C24H22FN3O4. The first-order chi connectivity index (χ1) is 15.5. The SMILES string of the molecule is CCOC(=O)N(C)c1ccc(NC(=O)/C=C/c2ccc(Oc3cccnc3)c(F)c2)cc1. The number of ether oxygens (including phenoxy) is 2. The zero-order valence-electron chi connectivity index (χ0n) is 17.6. The lowest BCUT2D eigenvalue weighted by Gasteiger charge is -2.16. The van der Waals surface area contributed by atoms with E-state index in [0.717, 1.165) is 0 Å². The Hall–Kier alpha value is -4.20. The van der Waals surface area contributed by atoms with E-state index in [1.54, 1.807) is 62.6 Å². The minimum absolute atomic E-state index is 0.0625. The number of nitrogens with one attached hydrogen (secondary N) is 1. The molecule has 0 saturated carbocycles. The van der Waals surface area contributed by atoms with Gasteiger partial charge in [-0.15, -0.1) is 0 Å². The Morgan fingerprint density at radius 2 is 1.94 bits per heavy atom. The van der Waals surface area contributed by atoms with Crippen LogP contribution in [0.5, 0.6) is 11.5 Å². The molecule has 0 saturated heterocycles. The average Bonchev–Trinajstić information content (AvgIpc) is 2.80. The van der Waals surface area contributed by atoms with E-state index >= 15 is 0 Å². The maximum absolute atomic E-state index is 14.3. The van der Waals surface area contributed by atoms with Crippen molar-refractivity contribution in [3.63, 3.8) is 0 Å². The van der Waals surface area contributed by atoms with Crippen LogP contribution in [0.15, 0.2) is 73.1 Å². The van der Waals surface area contributed by atoms with Crippen molar-refractivity contribution in [2.75, 3.05) is 23.9 Å². The lowest BCUT2D eigenvalue weighted by atomic mass is 10.2. The Morgan fingerprint density at radius 3 is 2.59 bits per heavy atom. The van der Waals surface area contributed by atoms with E-state index in [9.17, 15) is 14.0 Å². The van der Waals surface area contributed by atoms with E-state index in [4.69, 9.17) is 9.47 Å². The molecule has 3 rings (SSSR count). The maximum Gasteiger partial charge on any atom is 0.413 e. The number of carbonyl (C=O) groups is 2. The molecular weight excluding hydrogens is 413 g/mol. The lowest BCUT2D eigenvalue weighted by Crippen LogP contribution is -2.26. The summed E-state index contributed by atoms with van der Waals surface area (Å²) in [5, 5.41) is 2.71. The largest absolute Gasteiger partial charge is 0.453 e. The average molecular weight is 435 g/mol. The highest BCUT2D eigenvalue weighted by Gasteiger charge is 2.11. The highest BCUT2D eigenvalue weighted by molar-refractivity contribution is 6.02. The van der Waals surface area contributed by atoms with Gasteiger partial charge >= 0.3 is 6.09 Å². The van der Waals surface area contributed by atoms with Crippen molar-refractivity contribution in [1.29, 1.82) is 0 Å². The molecule has 1 aromatic heterocycles. The first-order valence-corrected chi connectivity index (χ1v) is 9.83. The van der Waals surface area contributed by atoms with Gasteiger partial charge in [-0.25, -0.2) is 9.18 Å². The van der Waals surface area contributed by atoms with Crippen molar-refractivity contribution >= 4 is 29.5 Å². The molecule has 3 aromatic rings. The summed E-state index contributed by atoms with van der Waals surface area (Å²) in [7, 11) is 1.60. The van der Waals surface area contributed by atoms with Gasteiger partial charge in [-0.05, 0) is 67.1 Å². The Morgan fingerprint density at radius 1 is 1.16 bits per heavy atom. The first-order valence-electron chi connectivity index (χ1n) is 9.83. The number of carbonyl (C=O) groups excluding carboxylic acids is 2. The van der Waals surface area contributed by atoms with E-state index in [0.29, 0.717) is 22.7 Å². The van der Waals surface area contributed by atoms with Gasteiger partial charge < -0.3 is 14.8 Å². The zero-order valence-corrected chi connectivity index (χ0v) is 17.6. The number of anilines is 2. The number of hydrogen-bond donors (Lipinski definition) is 1. The van der Waals surface area contributed by atoms with Crippen molar-refractivity contribution in [2.45, 2.75) is 6.92 Å². The number of nitrogens with zero attached hydrogens (tertiary/aromatic N) is 2. The highest BCUT2D eigenvalue weighted by atomic mass is 19.1. The van der Waals surface area contributed by atoms with Crippen molar-refractivity contribution < 1.29 is 23.5 Å². The highest BCUT2D eigenvalue weighted by Crippen LogP contribution is 2.25. The molecule has 8 heteroatoms. The second kappa shape index (κ2) is 10.7. The minimum Gasteiger partial charge on any atom is -0.453 e. The summed E-state index contributed by atoms with van der Waals surface area (Å²) >= 11 is 0. The predicted molar refractivity (Wildman–Crippen MR) is 120 cm³/mol. The van der Waals surface area contributed by atoms with Gasteiger partial charge in [-0.2, -0.15) is 0 Å². The molecule has 1 heterocycles. The van der Waals surface area contributed by atoms with Crippen molar-refractivity contribution in [1.82, 2.24) is 4.98 Å². The van der Waals surface area contributed by atoms with Gasteiger partial charge in [0.2, 0.25) is 5.91 Å².